The van der Waals surface area contributed by atoms with Crippen molar-refractivity contribution in [3.63, 3.8) is 0 Å². The highest BCUT2D eigenvalue weighted by Gasteiger charge is 2.58. The van der Waals surface area contributed by atoms with Crippen LogP contribution in [-0.2, 0) is 4.79 Å². The van der Waals surface area contributed by atoms with E-state index in [1.807, 2.05) is 6.08 Å². The summed E-state index contributed by atoms with van der Waals surface area (Å²) in [6.07, 6.45) is 9.87. The van der Waals surface area contributed by atoms with E-state index in [4.69, 9.17) is 5.11 Å². The van der Waals surface area contributed by atoms with Crippen molar-refractivity contribution in [1.82, 2.24) is 0 Å². The maximum Gasteiger partial charge on any atom is 0.313 e. The van der Waals surface area contributed by atoms with E-state index in [0.717, 1.165) is 18.8 Å². The van der Waals surface area contributed by atoms with Gasteiger partial charge in [0.1, 0.15) is 0 Å². The van der Waals surface area contributed by atoms with Crippen molar-refractivity contribution in [3.05, 3.63) is 12.2 Å². The first-order valence-corrected chi connectivity index (χ1v) is 6.00. The molecule has 2 heteroatoms. The van der Waals surface area contributed by atoms with Gasteiger partial charge in [-0.3, -0.25) is 4.79 Å². The topological polar surface area (TPSA) is 37.3 Å². The lowest BCUT2D eigenvalue weighted by Crippen LogP contribution is -2.13. The Morgan fingerprint density at radius 2 is 2.13 bits per heavy atom. The molecule has 0 spiro atoms. The molecular weight excluding hydrogens is 188 g/mol. The summed E-state index contributed by atoms with van der Waals surface area (Å²) in [6.45, 7) is 2.36. The number of hydrogen-bond donors (Lipinski definition) is 1. The maximum absolute atomic E-state index is 11.0. The highest BCUT2D eigenvalue weighted by atomic mass is 16.4. The number of allylic oxidation sites excluding steroid dienone is 1. The first-order valence-electron chi connectivity index (χ1n) is 6.00. The van der Waals surface area contributed by atoms with Gasteiger partial charge in [-0.2, -0.15) is 0 Å². The normalized spacial score (nSPS) is 45.4. The van der Waals surface area contributed by atoms with Gasteiger partial charge in [-0.25, -0.2) is 0 Å². The van der Waals surface area contributed by atoms with Crippen molar-refractivity contribution >= 4 is 5.97 Å². The minimum Gasteiger partial charge on any atom is -0.481 e. The Bertz CT molecular complexity index is 338. The van der Waals surface area contributed by atoms with Crippen LogP contribution in [0, 0.1) is 22.7 Å². The number of hydrogen-bond acceptors (Lipinski definition) is 1. The van der Waals surface area contributed by atoms with Crippen LogP contribution in [0.2, 0.25) is 0 Å². The van der Waals surface area contributed by atoms with Crippen LogP contribution < -0.4 is 0 Å². The number of carboxylic acid groups (broad SMARTS) is 1. The molecule has 3 fully saturated rings. The Morgan fingerprint density at radius 3 is 2.53 bits per heavy atom. The summed E-state index contributed by atoms with van der Waals surface area (Å²) in [6, 6.07) is 0. The van der Waals surface area contributed by atoms with Gasteiger partial charge in [0.2, 0.25) is 0 Å². The van der Waals surface area contributed by atoms with E-state index in [9.17, 15) is 4.79 Å². The van der Waals surface area contributed by atoms with E-state index in [0.29, 0.717) is 11.3 Å². The number of carboxylic acids is 1. The van der Waals surface area contributed by atoms with Crippen LogP contribution in [0.25, 0.3) is 0 Å². The van der Waals surface area contributed by atoms with Crippen molar-refractivity contribution in [2.24, 2.45) is 22.7 Å². The number of rotatable bonds is 3. The first-order chi connectivity index (χ1) is 7.07. The molecule has 3 unspecified atom stereocenters. The predicted octanol–water partition coefficient (Wildman–Crippen LogP) is 2.84. The fourth-order valence-corrected chi connectivity index (χ4v) is 3.27. The van der Waals surface area contributed by atoms with Crippen LogP contribution >= 0.6 is 0 Å². The molecule has 3 aliphatic carbocycles. The summed E-state index contributed by atoms with van der Waals surface area (Å²) < 4.78 is 0. The fourth-order valence-electron chi connectivity index (χ4n) is 3.27. The third kappa shape index (κ3) is 1.27. The third-order valence-electron chi connectivity index (χ3n) is 4.99. The maximum atomic E-state index is 11.0. The lowest BCUT2D eigenvalue weighted by Gasteiger charge is -2.15. The predicted molar refractivity (Wildman–Crippen MR) is 57.4 cm³/mol. The van der Waals surface area contributed by atoms with Crippen LogP contribution in [0.1, 0.15) is 39.0 Å². The highest BCUT2D eigenvalue weighted by molar-refractivity contribution is 5.80. The van der Waals surface area contributed by atoms with Crippen LogP contribution in [0.3, 0.4) is 0 Å². The molecule has 1 N–H and O–H groups in total. The zero-order valence-corrected chi connectivity index (χ0v) is 9.20. The lowest BCUT2D eigenvalue weighted by atomic mass is 9.90. The zero-order valence-electron chi connectivity index (χ0n) is 9.20. The van der Waals surface area contributed by atoms with Crippen molar-refractivity contribution in [1.29, 1.82) is 0 Å². The van der Waals surface area contributed by atoms with Gasteiger partial charge in [-0.1, -0.05) is 19.1 Å². The van der Waals surface area contributed by atoms with E-state index >= 15 is 0 Å². The average molecular weight is 206 g/mol. The smallest absolute Gasteiger partial charge is 0.313 e. The second-order valence-corrected chi connectivity index (χ2v) is 5.91. The zero-order chi connectivity index (χ0) is 10.7. The fraction of sp³-hybridized carbons (Fsp3) is 0.769. The van der Waals surface area contributed by atoms with Gasteiger partial charge < -0.3 is 5.11 Å². The Kier molecular flexibility index (Phi) is 1.67. The first kappa shape index (κ1) is 9.44. The van der Waals surface area contributed by atoms with Crippen LogP contribution in [-0.4, -0.2) is 11.1 Å². The average Bonchev–Trinajstić information content (AvgIpc) is 3.05. The SMILES string of the molecule is CC12CC1CCC2C=CC1(C(=O)O)CC1. The van der Waals surface area contributed by atoms with Gasteiger partial charge in [-0.05, 0) is 49.4 Å². The molecule has 15 heavy (non-hydrogen) atoms. The molecule has 0 saturated heterocycles. The van der Waals surface area contributed by atoms with Crippen LogP contribution in [0.15, 0.2) is 12.2 Å². The summed E-state index contributed by atoms with van der Waals surface area (Å²) in [4.78, 5) is 11.0. The van der Waals surface area contributed by atoms with Gasteiger partial charge in [-0.15, -0.1) is 0 Å². The second-order valence-electron chi connectivity index (χ2n) is 5.91. The van der Waals surface area contributed by atoms with E-state index in [-0.39, 0.29) is 0 Å². The molecule has 0 radical (unpaired) electrons. The highest BCUT2D eigenvalue weighted by Crippen LogP contribution is 2.66. The Labute approximate surface area is 90.4 Å². The molecule has 0 aromatic rings. The summed E-state index contributed by atoms with van der Waals surface area (Å²) in [5, 5.41) is 9.07. The van der Waals surface area contributed by atoms with Gasteiger partial charge in [0, 0.05) is 0 Å². The Balaban J connectivity index is 1.71. The molecule has 3 aliphatic rings. The summed E-state index contributed by atoms with van der Waals surface area (Å²) in [5.41, 5.74) is 0.0639. The molecular formula is C13H18O2. The van der Waals surface area contributed by atoms with Crippen LogP contribution in [0.4, 0.5) is 0 Å². The van der Waals surface area contributed by atoms with E-state index in [2.05, 4.69) is 13.0 Å². The van der Waals surface area contributed by atoms with Gasteiger partial charge in [0.15, 0.2) is 0 Å². The molecule has 0 heterocycles. The van der Waals surface area contributed by atoms with Crippen molar-refractivity contribution in [3.8, 4) is 0 Å². The Hall–Kier alpha value is -0.790. The molecule has 0 bridgehead atoms. The van der Waals surface area contributed by atoms with Crippen molar-refractivity contribution in [2.75, 3.05) is 0 Å². The third-order valence-corrected chi connectivity index (χ3v) is 4.99. The summed E-state index contributed by atoms with van der Waals surface area (Å²) >= 11 is 0. The molecule has 3 atom stereocenters. The Morgan fingerprint density at radius 1 is 1.40 bits per heavy atom. The minimum atomic E-state index is -0.630. The molecule has 0 amide bonds. The summed E-state index contributed by atoms with van der Waals surface area (Å²) in [5.74, 6) is 0.959. The van der Waals surface area contributed by atoms with Crippen molar-refractivity contribution < 1.29 is 9.90 Å². The second kappa shape index (κ2) is 2.66. The largest absolute Gasteiger partial charge is 0.481 e. The summed E-state index contributed by atoms with van der Waals surface area (Å²) in [7, 11) is 0. The molecule has 0 aliphatic heterocycles. The van der Waals surface area contributed by atoms with Crippen LogP contribution in [0.5, 0.6) is 0 Å². The van der Waals surface area contributed by atoms with Gasteiger partial charge in [0.05, 0.1) is 5.41 Å². The van der Waals surface area contributed by atoms with Gasteiger partial charge in [0.25, 0.3) is 0 Å². The van der Waals surface area contributed by atoms with Crippen molar-refractivity contribution in [2.45, 2.75) is 39.0 Å². The van der Waals surface area contributed by atoms with E-state index in [1.54, 1.807) is 0 Å². The monoisotopic (exact) mass is 206 g/mol. The molecule has 82 valence electrons. The molecule has 3 saturated carbocycles. The molecule has 3 rings (SSSR count). The molecule has 0 aromatic carbocycles. The standard InChI is InChI=1S/C13H18O2/c1-12-8-10(12)3-2-9(12)4-5-13(6-7-13)11(14)15/h4-5,9-10H,2-3,6-8H2,1H3,(H,14,15). The molecule has 0 aromatic heterocycles. The quantitative estimate of drug-likeness (QED) is 0.721. The number of carbonyl (C=O) groups is 1. The number of aliphatic carboxylic acids is 1. The minimum absolute atomic E-state index is 0.469. The number of fused-ring (bicyclic) bond motifs is 1. The van der Waals surface area contributed by atoms with E-state index in [1.165, 1.54) is 19.3 Å². The van der Waals surface area contributed by atoms with E-state index < -0.39 is 11.4 Å². The molecule has 2 nitrogen and oxygen atoms in total. The lowest BCUT2D eigenvalue weighted by molar-refractivity contribution is -0.141. The van der Waals surface area contributed by atoms with Gasteiger partial charge >= 0.3 is 5.97 Å².